The Morgan fingerprint density at radius 3 is 2.17 bits per heavy atom. The van der Waals surface area contributed by atoms with E-state index in [9.17, 15) is 19.8 Å². The van der Waals surface area contributed by atoms with Crippen molar-refractivity contribution in [3.8, 4) is 45.8 Å². The number of aromatic hydroxyl groups is 2. The number of phenols is 2. The molecule has 1 aromatic heterocycles. The molecule has 0 radical (unpaired) electrons. The van der Waals surface area contributed by atoms with Gasteiger partial charge in [-0.2, -0.15) is 0 Å². The third-order valence-electron chi connectivity index (χ3n) is 6.20. The van der Waals surface area contributed by atoms with Gasteiger partial charge in [-0.15, -0.1) is 0 Å². The van der Waals surface area contributed by atoms with Crippen LogP contribution in [0.2, 0.25) is 0 Å². The van der Waals surface area contributed by atoms with E-state index in [0.717, 1.165) is 0 Å². The molecule has 0 bridgehead atoms. The molecule has 0 fully saturated rings. The molecule has 2 heterocycles. The van der Waals surface area contributed by atoms with Gasteiger partial charge in [-0.3, -0.25) is 9.59 Å². The van der Waals surface area contributed by atoms with E-state index >= 15 is 0 Å². The maximum atomic E-state index is 13.1. The number of hydrogen-bond donors (Lipinski definition) is 2. The van der Waals surface area contributed by atoms with Gasteiger partial charge >= 0.3 is 5.97 Å². The summed E-state index contributed by atoms with van der Waals surface area (Å²) in [7, 11) is 4.41. The highest BCUT2D eigenvalue weighted by molar-refractivity contribution is 5.96. The minimum absolute atomic E-state index is 0.00194. The normalized spacial score (nSPS) is 14.8. The van der Waals surface area contributed by atoms with Crippen molar-refractivity contribution >= 4 is 16.9 Å². The molecule has 3 aromatic carbocycles. The zero-order valence-electron chi connectivity index (χ0n) is 19.7. The number of carbonyl (C=O) groups excluding carboxylic acids is 1. The lowest BCUT2D eigenvalue weighted by Crippen LogP contribution is -2.22. The van der Waals surface area contributed by atoms with Crippen LogP contribution >= 0.6 is 0 Å². The molecule has 0 aliphatic carbocycles. The van der Waals surface area contributed by atoms with Gasteiger partial charge in [0.25, 0.3) is 0 Å². The predicted molar refractivity (Wildman–Crippen MR) is 129 cm³/mol. The Labute approximate surface area is 205 Å². The van der Waals surface area contributed by atoms with Crippen LogP contribution in [0.5, 0.6) is 34.5 Å². The van der Waals surface area contributed by atoms with Crippen LogP contribution in [0, 0.1) is 0 Å². The lowest BCUT2D eigenvalue weighted by Gasteiger charge is -2.27. The van der Waals surface area contributed by atoms with Crippen molar-refractivity contribution in [1.29, 1.82) is 0 Å². The minimum Gasteiger partial charge on any atom is -0.504 e. The number of esters is 1. The number of benzene rings is 3. The lowest BCUT2D eigenvalue weighted by atomic mass is 9.84. The summed E-state index contributed by atoms with van der Waals surface area (Å²) in [5.74, 6) is -1.78. The van der Waals surface area contributed by atoms with Crippen LogP contribution in [0.1, 0.15) is 23.5 Å². The van der Waals surface area contributed by atoms with Gasteiger partial charge in [-0.1, -0.05) is 30.3 Å². The van der Waals surface area contributed by atoms with Crippen LogP contribution in [0.3, 0.4) is 0 Å². The van der Waals surface area contributed by atoms with Gasteiger partial charge in [-0.05, 0) is 17.7 Å². The summed E-state index contributed by atoms with van der Waals surface area (Å²) in [5, 5.41) is 21.2. The van der Waals surface area contributed by atoms with Crippen molar-refractivity contribution in [2.24, 2.45) is 0 Å². The quantitative estimate of drug-likeness (QED) is 0.239. The summed E-state index contributed by atoms with van der Waals surface area (Å²) >= 11 is 0. The topological polar surface area (TPSA) is 125 Å². The molecule has 4 aromatic rings. The van der Waals surface area contributed by atoms with E-state index in [0.29, 0.717) is 28.4 Å². The van der Waals surface area contributed by atoms with E-state index in [2.05, 4.69) is 0 Å². The molecule has 0 saturated heterocycles. The number of fused-ring (bicyclic) bond motifs is 3. The highest BCUT2D eigenvalue weighted by Gasteiger charge is 2.37. The number of ether oxygens (including phenoxy) is 4. The Morgan fingerprint density at radius 1 is 0.889 bits per heavy atom. The van der Waals surface area contributed by atoms with Crippen molar-refractivity contribution in [2.75, 3.05) is 21.3 Å². The van der Waals surface area contributed by atoms with Gasteiger partial charge in [0.05, 0.1) is 33.3 Å². The molecule has 184 valence electrons. The van der Waals surface area contributed by atoms with E-state index in [-0.39, 0.29) is 34.5 Å². The molecule has 1 aliphatic heterocycles. The predicted octanol–water partition coefficient (Wildman–Crippen LogP) is 4.34. The average Bonchev–Trinajstić information content (AvgIpc) is 2.90. The summed E-state index contributed by atoms with van der Waals surface area (Å²) in [4.78, 5) is 25.7. The molecular weight excluding hydrogens is 468 g/mol. The zero-order valence-corrected chi connectivity index (χ0v) is 19.7. The van der Waals surface area contributed by atoms with Crippen LogP contribution in [-0.4, -0.2) is 37.5 Å². The van der Waals surface area contributed by atoms with Crippen LogP contribution in [0.15, 0.2) is 57.7 Å². The van der Waals surface area contributed by atoms with E-state index in [4.69, 9.17) is 23.4 Å². The van der Waals surface area contributed by atoms with Gasteiger partial charge in [0, 0.05) is 17.5 Å². The molecule has 1 aliphatic rings. The first kappa shape index (κ1) is 23.1. The third-order valence-corrected chi connectivity index (χ3v) is 6.20. The third kappa shape index (κ3) is 3.56. The van der Waals surface area contributed by atoms with Gasteiger partial charge < -0.3 is 33.6 Å². The summed E-state index contributed by atoms with van der Waals surface area (Å²) in [6.45, 7) is 0. The van der Waals surface area contributed by atoms with Crippen LogP contribution < -0.4 is 24.4 Å². The lowest BCUT2D eigenvalue weighted by molar-refractivity contribution is -0.135. The molecule has 2 N–H and O–H groups in total. The van der Waals surface area contributed by atoms with Crippen molar-refractivity contribution in [3.05, 3.63) is 69.9 Å². The van der Waals surface area contributed by atoms with E-state index in [1.165, 1.54) is 27.4 Å². The van der Waals surface area contributed by atoms with Gasteiger partial charge in [0.15, 0.2) is 28.4 Å². The fourth-order valence-electron chi connectivity index (χ4n) is 4.54. The standard InChI is InChI=1S/C27H22O9/c1-32-18-9-14(10-19(33-2)25(18)34-3)15-11-20(29)36-27-21(15)26-22(23(30)24(27)31)16(28)12-17(35-26)13-7-5-4-6-8-13/h4-10,12,15,30-31H,11H2,1-3H3/t15-/m1/s1. The molecule has 36 heavy (non-hydrogen) atoms. The van der Waals surface area contributed by atoms with E-state index in [1.807, 2.05) is 6.07 Å². The smallest absolute Gasteiger partial charge is 0.312 e. The highest BCUT2D eigenvalue weighted by Crippen LogP contribution is 2.53. The maximum Gasteiger partial charge on any atom is 0.312 e. The number of hydrogen-bond acceptors (Lipinski definition) is 9. The Kier molecular flexibility index (Phi) is 5.68. The molecule has 0 spiro atoms. The van der Waals surface area contributed by atoms with Crippen molar-refractivity contribution in [1.82, 2.24) is 0 Å². The summed E-state index contributed by atoms with van der Waals surface area (Å²) < 4.78 is 27.8. The van der Waals surface area contributed by atoms with Crippen LogP contribution in [0.4, 0.5) is 0 Å². The fraction of sp³-hybridized carbons (Fsp3) is 0.185. The second-order valence-electron chi connectivity index (χ2n) is 8.17. The van der Waals surface area contributed by atoms with Gasteiger partial charge in [0.2, 0.25) is 11.5 Å². The largest absolute Gasteiger partial charge is 0.504 e. The molecule has 0 amide bonds. The number of methoxy groups -OCH3 is 3. The van der Waals surface area contributed by atoms with Crippen molar-refractivity contribution in [2.45, 2.75) is 12.3 Å². The first-order valence-corrected chi connectivity index (χ1v) is 11.0. The summed E-state index contributed by atoms with van der Waals surface area (Å²) in [6, 6.07) is 13.5. The minimum atomic E-state index is -0.738. The fourth-order valence-corrected chi connectivity index (χ4v) is 4.54. The first-order valence-electron chi connectivity index (χ1n) is 11.0. The van der Waals surface area contributed by atoms with Crippen molar-refractivity contribution in [3.63, 3.8) is 0 Å². The zero-order chi connectivity index (χ0) is 25.6. The molecule has 9 heteroatoms. The van der Waals surface area contributed by atoms with Crippen molar-refractivity contribution < 1.29 is 38.4 Å². The Bertz CT molecular complexity index is 1530. The van der Waals surface area contributed by atoms with Crippen LogP contribution in [-0.2, 0) is 4.79 Å². The molecule has 9 nitrogen and oxygen atoms in total. The number of rotatable bonds is 5. The molecule has 5 rings (SSSR count). The molecule has 0 unspecified atom stereocenters. The second kappa shape index (κ2) is 8.84. The van der Waals surface area contributed by atoms with Gasteiger partial charge in [-0.25, -0.2) is 0 Å². The summed E-state index contributed by atoms with van der Waals surface area (Å²) in [5.41, 5.74) is 0.865. The van der Waals surface area contributed by atoms with E-state index < -0.39 is 28.8 Å². The van der Waals surface area contributed by atoms with E-state index in [1.54, 1.807) is 36.4 Å². The Balaban J connectivity index is 1.86. The molecule has 0 saturated carbocycles. The summed E-state index contributed by atoms with van der Waals surface area (Å²) in [6.07, 6.45) is -0.135. The number of phenolic OH excluding ortho intramolecular Hbond substituents is 2. The average molecular weight is 490 g/mol. The second-order valence-corrected chi connectivity index (χ2v) is 8.17. The Morgan fingerprint density at radius 2 is 1.56 bits per heavy atom. The maximum absolute atomic E-state index is 13.1. The van der Waals surface area contributed by atoms with Crippen LogP contribution in [0.25, 0.3) is 22.3 Å². The number of carbonyl (C=O) groups is 1. The molecule has 1 atom stereocenters. The first-order chi connectivity index (χ1) is 17.4. The SMILES string of the molecule is COc1cc([C@H]2CC(=O)Oc3c(O)c(O)c4c(=O)cc(-c5ccccc5)oc4c32)cc(OC)c1OC. The monoisotopic (exact) mass is 490 g/mol. The Hall–Kier alpha value is -4.66. The highest BCUT2D eigenvalue weighted by atomic mass is 16.5. The van der Waals surface area contributed by atoms with Gasteiger partial charge in [0.1, 0.15) is 16.7 Å². The molecular formula is C27H22O9.